The maximum atomic E-state index is 11.3. The van der Waals surface area contributed by atoms with E-state index < -0.39 is 5.97 Å². The molecule has 1 aromatic carbocycles. The summed E-state index contributed by atoms with van der Waals surface area (Å²) >= 11 is 0. The van der Waals surface area contributed by atoms with Gasteiger partial charge in [-0.05, 0) is 26.0 Å². The van der Waals surface area contributed by atoms with Crippen LogP contribution >= 0.6 is 0 Å². The lowest BCUT2D eigenvalue weighted by Gasteiger charge is -2.11. The van der Waals surface area contributed by atoms with Gasteiger partial charge in [-0.2, -0.15) is 0 Å². The Hall–Kier alpha value is -2.30. The molecule has 2 rings (SSSR count). The highest BCUT2D eigenvalue weighted by Crippen LogP contribution is 2.33. The Morgan fingerprint density at radius 1 is 1.37 bits per heavy atom. The van der Waals surface area contributed by atoms with E-state index in [0.29, 0.717) is 17.3 Å². The lowest BCUT2D eigenvalue weighted by molar-refractivity contribution is 0.0692. The minimum absolute atomic E-state index is 0.0453. The van der Waals surface area contributed by atoms with Crippen LogP contribution in [0, 0.1) is 13.8 Å². The predicted molar refractivity (Wildman–Crippen MR) is 71.6 cm³/mol. The summed E-state index contributed by atoms with van der Waals surface area (Å²) in [6.07, 6.45) is 0. The van der Waals surface area contributed by atoms with Gasteiger partial charge in [-0.1, -0.05) is 11.6 Å². The van der Waals surface area contributed by atoms with Gasteiger partial charge in [0.2, 0.25) is 0 Å². The van der Waals surface area contributed by atoms with Crippen molar-refractivity contribution in [1.29, 1.82) is 0 Å². The Morgan fingerprint density at radius 3 is 2.63 bits per heavy atom. The number of hydrogen-bond donors (Lipinski definition) is 1. The molecule has 0 unspecified atom stereocenters. The number of ether oxygens (including phenoxy) is 1. The van der Waals surface area contributed by atoms with Crippen LogP contribution in [-0.2, 0) is 7.05 Å². The number of carboxylic acids is 1. The van der Waals surface area contributed by atoms with Crippen molar-refractivity contribution in [1.82, 2.24) is 9.55 Å². The first-order valence-corrected chi connectivity index (χ1v) is 5.87. The van der Waals surface area contributed by atoms with Crippen molar-refractivity contribution in [3.05, 3.63) is 35.3 Å². The average Bonchev–Trinajstić information content (AvgIpc) is 2.66. The zero-order chi connectivity index (χ0) is 14.2. The predicted octanol–water partition coefficient (Wildman–Crippen LogP) is 2.41. The number of methoxy groups -OCH3 is 1. The van der Waals surface area contributed by atoms with E-state index in [1.807, 2.05) is 25.1 Å². The largest absolute Gasteiger partial charge is 0.496 e. The molecule has 19 heavy (non-hydrogen) atoms. The van der Waals surface area contributed by atoms with Crippen molar-refractivity contribution >= 4 is 5.97 Å². The molecule has 1 aromatic heterocycles. The second-order valence-corrected chi connectivity index (χ2v) is 4.42. The van der Waals surface area contributed by atoms with Gasteiger partial charge in [-0.15, -0.1) is 0 Å². The molecule has 0 atom stereocenters. The average molecular weight is 260 g/mol. The fourth-order valence-corrected chi connectivity index (χ4v) is 2.07. The number of aryl methyl sites for hydroxylation is 2. The third-order valence-electron chi connectivity index (χ3n) is 3.13. The van der Waals surface area contributed by atoms with Crippen LogP contribution in [-0.4, -0.2) is 27.7 Å². The van der Waals surface area contributed by atoms with Crippen LogP contribution in [0.2, 0.25) is 0 Å². The number of carbonyl (C=O) groups is 1. The van der Waals surface area contributed by atoms with Gasteiger partial charge in [-0.3, -0.25) is 0 Å². The van der Waals surface area contributed by atoms with E-state index in [0.717, 1.165) is 11.1 Å². The number of carboxylic acid groups (broad SMARTS) is 1. The number of rotatable bonds is 3. The molecule has 0 radical (unpaired) electrons. The second-order valence-electron chi connectivity index (χ2n) is 4.42. The van der Waals surface area contributed by atoms with Crippen molar-refractivity contribution in [2.75, 3.05) is 7.11 Å². The zero-order valence-electron chi connectivity index (χ0n) is 11.4. The first kappa shape index (κ1) is 13.1. The highest BCUT2D eigenvalue weighted by molar-refractivity contribution is 5.94. The topological polar surface area (TPSA) is 64.3 Å². The number of benzene rings is 1. The van der Waals surface area contributed by atoms with E-state index in [1.165, 1.54) is 0 Å². The van der Waals surface area contributed by atoms with Crippen LogP contribution in [0.4, 0.5) is 0 Å². The third kappa shape index (κ3) is 2.19. The summed E-state index contributed by atoms with van der Waals surface area (Å²) in [5, 5.41) is 9.28. The Kier molecular flexibility index (Phi) is 3.29. The molecule has 5 nitrogen and oxygen atoms in total. The molecule has 1 N–H and O–H groups in total. The maximum Gasteiger partial charge on any atom is 0.356 e. The fourth-order valence-electron chi connectivity index (χ4n) is 2.07. The van der Waals surface area contributed by atoms with Gasteiger partial charge in [0.05, 0.1) is 12.8 Å². The summed E-state index contributed by atoms with van der Waals surface area (Å²) in [5.41, 5.74) is 2.38. The SMILES string of the molecule is COc1ccc(C)cc1-c1c(C(=O)O)nc(C)n1C. The number of aromatic carboxylic acids is 1. The fraction of sp³-hybridized carbons (Fsp3) is 0.286. The van der Waals surface area contributed by atoms with E-state index in [1.54, 1.807) is 25.6 Å². The number of aromatic nitrogens is 2. The van der Waals surface area contributed by atoms with Crippen LogP contribution < -0.4 is 4.74 Å². The van der Waals surface area contributed by atoms with Crippen LogP contribution in [0.1, 0.15) is 21.9 Å². The molecule has 0 saturated heterocycles. The summed E-state index contributed by atoms with van der Waals surface area (Å²) in [6.45, 7) is 3.73. The minimum Gasteiger partial charge on any atom is -0.496 e. The van der Waals surface area contributed by atoms with E-state index in [-0.39, 0.29) is 5.69 Å². The van der Waals surface area contributed by atoms with Gasteiger partial charge >= 0.3 is 5.97 Å². The second kappa shape index (κ2) is 4.76. The van der Waals surface area contributed by atoms with E-state index in [4.69, 9.17) is 4.74 Å². The quantitative estimate of drug-likeness (QED) is 0.920. The number of imidazole rings is 1. The molecular formula is C14H16N2O3. The summed E-state index contributed by atoms with van der Waals surface area (Å²) in [5.74, 6) is 0.245. The van der Waals surface area contributed by atoms with E-state index >= 15 is 0 Å². The molecule has 0 fully saturated rings. The van der Waals surface area contributed by atoms with Crippen molar-refractivity contribution in [2.45, 2.75) is 13.8 Å². The van der Waals surface area contributed by atoms with Gasteiger partial charge in [0, 0.05) is 12.6 Å². The molecule has 2 aromatic rings. The molecule has 0 spiro atoms. The maximum absolute atomic E-state index is 11.3. The molecule has 0 aliphatic heterocycles. The normalized spacial score (nSPS) is 10.5. The van der Waals surface area contributed by atoms with Crippen molar-refractivity contribution in [3.8, 4) is 17.0 Å². The molecular weight excluding hydrogens is 244 g/mol. The number of hydrogen-bond acceptors (Lipinski definition) is 3. The summed E-state index contributed by atoms with van der Waals surface area (Å²) in [6, 6.07) is 5.66. The Balaban J connectivity index is 2.78. The van der Waals surface area contributed by atoms with Crippen LogP contribution in [0.5, 0.6) is 5.75 Å². The third-order valence-corrected chi connectivity index (χ3v) is 3.13. The van der Waals surface area contributed by atoms with Gasteiger partial charge in [0.15, 0.2) is 5.69 Å². The van der Waals surface area contributed by atoms with Crippen LogP contribution in [0.15, 0.2) is 18.2 Å². The van der Waals surface area contributed by atoms with Gasteiger partial charge in [-0.25, -0.2) is 9.78 Å². The van der Waals surface area contributed by atoms with E-state index in [2.05, 4.69) is 4.98 Å². The smallest absolute Gasteiger partial charge is 0.356 e. The van der Waals surface area contributed by atoms with Gasteiger partial charge in [0.1, 0.15) is 11.6 Å². The van der Waals surface area contributed by atoms with Crippen molar-refractivity contribution < 1.29 is 14.6 Å². The Bertz CT molecular complexity index is 644. The first-order valence-electron chi connectivity index (χ1n) is 5.87. The molecule has 0 aliphatic rings. The molecule has 5 heteroatoms. The Labute approximate surface area is 111 Å². The molecule has 1 heterocycles. The van der Waals surface area contributed by atoms with E-state index in [9.17, 15) is 9.90 Å². The van der Waals surface area contributed by atoms with Crippen molar-refractivity contribution in [3.63, 3.8) is 0 Å². The van der Waals surface area contributed by atoms with Crippen LogP contribution in [0.3, 0.4) is 0 Å². The monoisotopic (exact) mass is 260 g/mol. The first-order chi connectivity index (χ1) is 8.95. The Morgan fingerprint density at radius 2 is 2.05 bits per heavy atom. The highest BCUT2D eigenvalue weighted by Gasteiger charge is 2.22. The summed E-state index contributed by atoms with van der Waals surface area (Å²) < 4.78 is 7.08. The zero-order valence-corrected chi connectivity index (χ0v) is 11.4. The minimum atomic E-state index is -1.04. The molecule has 0 amide bonds. The highest BCUT2D eigenvalue weighted by atomic mass is 16.5. The van der Waals surface area contributed by atoms with Crippen molar-refractivity contribution in [2.24, 2.45) is 7.05 Å². The molecule has 100 valence electrons. The van der Waals surface area contributed by atoms with Gasteiger partial charge in [0.25, 0.3) is 0 Å². The lowest BCUT2D eigenvalue weighted by Crippen LogP contribution is -2.03. The lowest BCUT2D eigenvalue weighted by atomic mass is 10.1. The standard InChI is InChI=1S/C14H16N2O3/c1-8-5-6-11(19-4)10(7-8)13-12(14(17)18)15-9(2)16(13)3/h5-7H,1-4H3,(H,17,18). The van der Waals surface area contributed by atoms with Gasteiger partial charge < -0.3 is 14.4 Å². The molecule has 0 saturated carbocycles. The molecule has 0 bridgehead atoms. The number of nitrogens with zero attached hydrogens (tertiary/aromatic N) is 2. The summed E-state index contributed by atoms with van der Waals surface area (Å²) in [7, 11) is 3.36. The van der Waals surface area contributed by atoms with Crippen LogP contribution in [0.25, 0.3) is 11.3 Å². The molecule has 0 aliphatic carbocycles. The summed E-state index contributed by atoms with van der Waals surface area (Å²) in [4.78, 5) is 15.4.